The Kier molecular flexibility index (Phi) is 3.47. The van der Waals surface area contributed by atoms with Gasteiger partial charge in [-0.1, -0.05) is 0 Å². The molecule has 0 bridgehead atoms. The topological polar surface area (TPSA) is 87.3 Å². The van der Waals surface area contributed by atoms with Gasteiger partial charge in [0.2, 0.25) is 0 Å². The van der Waals surface area contributed by atoms with Crippen LogP contribution in [0.1, 0.15) is 0 Å². The fourth-order valence-corrected chi connectivity index (χ4v) is 1.67. The predicted molar refractivity (Wildman–Crippen MR) is 68.1 cm³/mol. The summed E-state index contributed by atoms with van der Waals surface area (Å²) in [7, 11) is 2.69. The molecule has 0 radical (unpaired) electrons. The summed E-state index contributed by atoms with van der Waals surface area (Å²) in [6.45, 7) is 0. The number of hydrogen-bond acceptors (Lipinski definition) is 5. The Bertz CT molecular complexity index is 742. The number of aryl methyl sites for hydroxylation is 1. The molecule has 0 aliphatic heterocycles. The molecule has 1 aromatic carbocycles. The second-order valence-electron chi connectivity index (χ2n) is 3.94. The largest absolute Gasteiger partial charge is 0.494 e. The van der Waals surface area contributed by atoms with Crippen molar-refractivity contribution in [2.24, 2.45) is 7.05 Å². The number of ether oxygens (including phenoxy) is 1. The van der Waals surface area contributed by atoms with Crippen molar-refractivity contribution in [3.8, 4) is 17.0 Å². The van der Waals surface area contributed by atoms with Crippen molar-refractivity contribution < 1.29 is 14.1 Å². The van der Waals surface area contributed by atoms with Gasteiger partial charge < -0.3 is 4.74 Å². The molecule has 104 valence electrons. The van der Waals surface area contributed by atoms with E-state index >= 15 is 0 Å². The van der Waals surface area contributed by atoms with Gasteiger partial charge in [-0.3, -0.25) is 14.9 Å². The summed E-state index contributed by atoms with van der Waals surface area (Å²) in [6, 6.07) is 4.21. The third kappa shape index (κ3) is 2.35. The third-order valence-electron chi connectivity index (χ3n) is 2.69. The number of nitro benzene ring substituents is 1. The van der Waals surface area contributed by atoms with Gasteiger partial charge in [-0.2, -0.15) is 5.10 Å². The molecular formula is C12H10FN3O4. The first-order chi connectivity index (χ1) is 9.43. The van der Waals surface area contributed by atoms with Gasteiger partial charge >= 0.3 is 0 Å². The summed E-state index contributed by atoms with van der Waals surface area (Å²) in [4.78, 5) is 21.6. The second kappa shape index (κ2) is 5.08. The molecule has 0 aliphatic carbocycles. The lowest BCUT2D eigenvalue weighted by Crippen LogP contribution is -2.19. The lowest BCUT2D eigenvalue weighted by atomic mass is 10.1. The summed E-state index contributed by atoms with van der Waals surface area (Å²) in [6.07, 6.45) is 0. The zero-order chi connectivity index (χ0) is 14.9. The number of nitro groups is 1. The predicted octanol–water partition coefficient (Wildman–Crippen LogP) is 1.50. The Hall–Kier alpha value is -2.77. The van der Waals surface area contributed by atoms with Gasteiger partial charge in [0.25, 0.3) is 11.2 Å². The fraction of sp³-hybridized carbons (Fsp3) is 0.167. The molecular weight excluding hydrogens is 269 g/mol. The van der Waals surface area contributed by atoms with Gasteiger partial charge in [-0.25, -0.2) is 9.07 Å². The maximum Gasteiger partial charge on any atom is 0.270 e. The van der Waals surface area contributed by atoms with Crippen molar-refractivity contribution in [1.29, 1.82) is 0 Å². The van der Waals surface area contributed by atoms with E-state index in [0.29, 0.717) is 0 Å². The highest BCUT2D eigenvalue weighted by atomic mass is 19.1. The van der Waals surface area contributed by atoms with E-state index in [-0.39, 0.29) is 22.7 Å². The average Bonchev–Trinajstić information content (AvgIpc) is 2.41. The van der Waals surface area contributed by atoms with Crippen LogP contribution in [0.15, 0.2) is 29.1 Å². The Morgan fingerprint density at radius 1 is 1.40 bits per heavy atom. The van der Waals surface area contributed by atoms with Crippen LogP contribution in [-0.4, -0.2) is 21.8 Å². The molecule has 0 amide bonds. The molecule has 0 atom stereocenters. The molecule has 20 heavy (non-hydrogen) atoms. The molecule has 1 heterocycles. The minimum atomic E-state index is -0.694. The number of non-ortho nitro benzene ring substituents is 1. The number of methoxy groups -OCH3 is 1. The van der Waals surface area contributed by atoms with Gasteiger partial charge in [0, 0.05) is 30.8 Å². The SMILES string of the molecule is COc1cc(=O)n(C)nc1-c1cc([N+](=O)[O-])ccc1F. The van der Waals surface area contributed by atoms with Crippen molar-refractivity contribution >= 4 is 5.69 Å². The van der Waals surface area contributed by atoms with Crippen molar-refractivity contribution in [3.05, 3.63) is 50.6 Å². The highest BCUT2D eigenvalue weighted by Crippen LogP contribution is 2.30. The Labute approximate surface area is 112 Å². The summed E-state index contributed by atoms with van der Waals surface area (Å²) >= 11 is 0. The Balaban J connectivity index is 2.73. The molecule has 0 spiro atoms. The molecule has 2 rings (SSSR count). The maximum absolute atomic E-state index is 13.9. The van der Waals surface area contributed by atoms with E-state index in [1.807, 2.05) is 0 Å². The van der Waals surface area contributed by atoms with E-state index in [0.717, 1.165) is 28.9 Å². The molecule has 0 N–H and O–H groups in total. The molecule has 0 saturated carbocycles. The van der Waals surface area contributed by atoms with Gasteiger partial charge in [0.15, 0.2) is 5.75 Å². The molecule has 8 heteroatoms. The highest BCUT2D eigenvalue weighted by Gasteiger charge is 2.18. The van der Waals surface area contributed by atoms with Gasteiger partial charge in [-0.05, 0) is 6.07 Å². The van der Waals surface area contributed by atoms with E-state index in [4.69, 9.17) is 4.74 Å². The van der Waals surface area contributed by atoms with Crippen LogP contribution in [0.5, 0.6) is 5.75 Å². The van der Waals surface area contributed by atoms with Gasteiger partial charge in [-0.15, -0.1) is 0 Å². The van der Waals surface area contributed by atoms with Crippen LogP contribution in [0.2, 0.25) is 0 Å². The van der Waals surface area contributed by atoms with Crippen LogP contribution in [0.25, 0.3) is 11.3 Å². The van der Waals surface area contributed by atoms with Crippen LogP contribution < -0.4 is 10.3 Å². The van der Waals surface area contributed by atoms with E-state index in [2.05, 4.69) is 5.10 Å². The molecule has 0 aliphatic rings. The molecule has 2 aromatic rings. The maximum atomic E-state index is 13.9. The fourth-order valence-electron chi connectivity index (χ4n) is 1.67. The number of nitrogens with zero attached hydrogens (tertiary/aromatic N) is 3. The average molecular weight is 279 g/mol. The smallest absolute Gasteiger partial charge is 0.270 e. The van der Waals surface area contributed by atoms with Crippen molar-refractivity contribution in [2.45, 2.75) is 0 Å². The normalized spacial score (nSPS) is 10.3. The van der Waals surface area contributed by atoms with E-state index in [1.54, 1.807) is 0 Å². The minimum Gasteiger partial charge on any atom is -0.494 e. The summed E-state index contributed by atoms with van der Waals surface area (Å²) in [5.41, 5.74) is -0.794. The van der Waals surface area contributed by atoms with Crippen LogP contribution >= 0.6 is 0 Å². The van der Waals surface area contributed by atoms with Gasteiger partial charge in [0.05, 0.1) is 12.0 Å². The van der Waals surface area contributed by atoms with E-state index in [9.17, 15) is 19.3 Å². The molecule has 7 nitrogen and oxygen atoms in total. The monoisotopic (exact) mass is 279 g/mol. The van der Waals surface area contributed by atoms with Crippen molar-refractivity contribution in [2.75, 3.05) is 7.11 Å². The molecule has 1 aromatic heterocycles. The van der Waals surface area contributed by atoms with Crippen LogP contribution in [0, 0.1) is 15.9 Å². The number of aromatic nitrogens is 2. The van der Waals surface area contributed by atoms with Crippen molar-refractivity contribution in [1.82, 2.24) is 9.78 Å². The summed E-state index contributed by atoms with van der Waals surface area (Å²) in [5.74, 6) is -0.646. The zero-order valence-corrected chi connectivity index (χ0v) is 10.7. The Morgan fingerprint density at radius 2 is 2.10 bits per heavy atom. The molecule has 0 fully saturated rings. The van der Waals surface area contributed by atoms with Crippen LogP contribution in [0.3, 0.4) is 0 Å². The summed E-state index contributed by atoms with van der Waals surface area (Å²) in [5, 5.41) is 14.6. The van der Waals surface area contributed by atoms with E-state index in [1.165, 1.54) is 14.2 Å². The third-order valence-corrected chi connectivity index (χ3v) is 2.69. The standard InChI is InChI=1S/C12H10FN3O4/c1-15-11(17)6-10(20-2)12(14-15)8-5-7(16(18)19)3-4-9(8)13/h3-6H,1-2H3. The van der Waals surface area contributed by atoms with Crippen molar-refractivity contribution in [3.63, 3.8) is 0 Å². The molecule has 0 unspecified atom stereocenters. The zero-order valence-electron chi connectivity index (χ0n) is 10.7. The Morgan fingerprint density at radius 3 is 2.70 bits per heavy atom. The first kappa shape index (κ1) is 13.7. The first-order valence-electron chi connectivity index (χ1n) is 5.50. The second-order valence-corrected chi connectivity index (χ2v) is 3.94. The highest BCUT2D eigenvalue weighted by molar-refractivity contribution is 5.68. The minimum absolute atomic E-state index is 0.0239. The summed E-state index contributed by atoms with van der Waals surface area (Å²) < 4.78 is 19.8. The quantitative estimate of drug-likeness (QED) is 0.627. The van der Waals surface area contributed by atoms with E-state index < -0.39 is 16.3 Å². The molecule has 0 saturated heterocycles. The van der Waals surface area contributed by atoms with Gasteiger partial charge in [0.1, 0.15) is 11.5 Å². The lowest BCUT2D eigenvalue weighted by Gasteiger charge is -2.09. The lowest BCUT2D eigenvalue weighted by molar-refractivity contribution is -0.384. The first-order valence-corrected chi connectivity index (χ1v) is 5.50. The number of halogens is 1. The number of rotatable bonds is 3. The number of hydrogen-bond donors (Lipinski definition) is 0. The van der Waals surface area contributed by atoms with Crippen LogP contribution in [-0.2, 0) is 7.05 Å². The van der Waals surface area contributed by atoms with Crippen LogP contribution in [0.4, 0.5) is 10.1 Å². The number of benzene rings is 1.